The van der Waals surface area contributed by atoms with Crippen LogP contribution in [0.2, 0.25) is 0 Å². The van der Waals surface area contributed by atoms with Gasteiger partial charge in [-0.15, -0.1) is 0 Å². The monoisotopic (exact) mass is 882 g/mol. The van der Waals surface area contributed by atoms with Gasteiger partial charge in [-0.1, -0.05) is 0 Å². The molecule has 6 rings (SSSR count). The molecule has 0 aliphatic carbocycles. The summed E-state index contributed by atoms with van der Waals surface area (Å²) in [7, 11) is 2.96. The van der Waals surface area contributed by atoms with Crippen molar-refractivity contribution in [2.24, 2.45) is 5.73 Å². The number of alkyl carbamates (subject to hydrolysis) is 1. The van der Waals surface area contributed by atoms with Crippen molar-refractivity contribution in [3.8, 4) is 0 Å². The van der Waals surface area contributed by atoms with E-state index in [1.54, 1.807) is 68.9 Å². The molecule has 0 radical (unpaired) electrons. The molecule has 0 unspecified atom stereocenters. The standard InChI is InChI=1S/C25H34FN3O6.C20H26FN3O4/c1-14(33-6)22(28-24(32)35-25(3,4)5)23(31)29-10-9-21(34-15(2)30)20(29)11-16-13-27-19-12-17(26)7-8-18(16)19;1-11(27-3)19(22)20(26)24-7-6-18(28-12(2)25)17(24)8-13-10-23-16-9-14(21)4-5-15(13)16/h7-8,12-14,20-22,27H,9-11H2,1-6H3,(H,28,32);4-5,9-11,17-19,23H,6-8,22H2,1-3H3/t14-,20-,21+,22+;11-,17-,18+,19+/m11/s1. The van der Waals surface area contributed by atoms with E-state index in [9.17, 15) is 32.8 Å². The van der Waals surface area contributed by atoms with Crippen LogP contribution in [-0.4, -0.2) is 131 Å². The van der Waals surface area contributed by atoms with Gasteiger partial charge in [0.05, 0.1) is 24.3 Å². The van der Waals surface area contributed by atoms with Gasteiger partial charge in [0.25, 0.3) is 0 Å². The normalized spacial score (nSPS) is 20.7. The number of carbonyl (C=O) groups excluding carboxylic acids is 5. The van der Waals surface area contributed by atoms with Crippen LogP contribution in [0, 0.1) is 11.6 Å². The van der Waals surface area contributed by atoms with Crippen LogP contribution < -0.4 is 11.1 Å². The molecular weight excluding hydrogens is 823 g/mol. The number of amides is 3. The van der Waals surface area contributed by atoms with E-state index in [1.807, 2.05) is 0 Å². The second-order valence-electron chi connectivity index (χ2n) is 17.0. The fraction of sp³-hybridized carbons (Fsp3) is 0.533. The van der Waals surface area contributed by atoms with E-state index in [0.717, 1.165) is 21.9 Å². The molecule has 2 saturated heterocycles. The second kappa shape index (κ2) is 20.7. The fourth-order valence-corrected chi connectivity index (χ4v) is 8.16. The number of ether oxygens (including phenoxy) is 5. The van der Waals surface area contributed by atoms with Gasteiger partial charge in [-0.25, -0.2) is 13.6 Å². The first-order chi connectivity index (χ1) is 29.7. The molecule has 2 aliphatic heterocycles. The molecule has 63 heavy (non-hydrogen) atoms. The number of fused-ring (bicyclic) bond motifs is 2. The van der Waals surface area contributed by atoms with E-state index in [2.05, 4.69) is 15.3 Å². The summed E-state index contributed by atoms with van der Waals surface area (Å²) in [6.45, 7) is 12.1. The van der Waals surface area contributed by atoms with Gasteiger partial charge in [0.15, 0.2) is 0 Å². The van der Waals surface area contributed by atoms with Crippen molar-refractivity contribution in [3.05, 3.63) is 71.6 Å². The van der Waals surface area contributed by atoms with Crippen LogP contribution in [0.1, 0.15) is 72.4 Å². The van der Waals surface area contributed by atoms with Crippen LogP contribution in [-0.2, 0) is 55.7 Å². The van der Waals surface area contributed by atoms with Crippen molar-refractivity contribution < 1.29 is 56.4 Å². The van der Waals surface area contributed by atoms with Crippen LogP contribution in [0.4, 0.5) is 13.6 Å². The molecule has 344 valence electrons. The smallest absolute Gasteiger partial charge is 0.408 e. The Bertz CT molecular complexity index is 2260. The fourth-order valence-electron chi connectivity index (χ4n) is 8.16. The minimum Gasteiger partial charge on any atom is -0.460 e. The first kappa shape index (κ1) is 48.4. The summed E-state index contributed by atoms with van der Waals surface area (Å²) in [6.07, 6.45) is 2.65. The third-order valence-electron chi connectivity index (χ3n) is 11.4. The van der Waals surface area contributed by atoms with E-state index in [-0.39, 0.29) is 35.5 Å². The topological polar surface area (TPSA) is 208 Å². The lowest BCUT2D eigenvalue weighted by atomic mass is 10.00. The number of carbonyl (C=O) groups is 5. The summed E-state index contributed by atoms with van der Waals surface area (Å²) >= 11 is 0. The average Bonchev–Trinajstić information content (AvgIpc) is 4.01. The molecule has 16 nitrogen and oxygen atoms in total. The van der Waals surface area contributed by atoms with E-state index in [0.29, 0.717) is 49.8 Å². The number of nitrogens with zero attached hydrogens (tertiary/aromatic N) is 2. The molecule has 2 aromatic carbocycles. The molecule has 2 aromatic heterocycles. The third kappa shape index (κ3) is 12.1. The molecule has 3 amide bonds. The summed E-state index contributed by atoms with van der Waals surface area (Å²) in [4.78, 5) is 71.8. The number of likely N-dealkylation sites (tertiary alicyclic amines) is 2. The van der Waals surface area contributed by atoms with E-state index in [1.165, 1.54) is 52.3 Å². The van der Waals surface area contributed by atoms with Crippen LogP contribution >= 0.6 is 0 Å². The van der Waals surface area contributed by atoms with Crippen LogP contribution in [0.5, 0.6) is 0 Å². The average molecular weight is 883 g/mol. The predicted octanol–water partition coefficient (Wildman–Crippen LogP) is 5.05. The molecule has 8 atom stereocenters. The highest BCUT2D eigenvalue weighted by Gasteiger charge is 2.44. The molecule has 4 heterocycles. The van der Waals surface area contributed by atoms with Gasteiger partial charge < -0.3 is 54.5 Å². The number of rotatable bonds is 13. The molecule has 0 saturated carbocycles. The number of hydrogen-bond acceptors (Lipinski definition) is 11. The Morgan fingerprint density at radius 2 is 1.21 bits per heavy atom. The molecule has 4 aromatic rings. The van der Waals surface area contributed by atoms with Crippen molar-refractivity contribution in [1.29, 1.82) is 0 Å². The number of methoxy groups -OCH3 is 2. The maximum absolute atomic E-state index is 13.7. The molecule has 5 N–H and O–H groups in total. The Labute approximate surface area is 365 Å². The molecule has 2 fully saturated rings. The SMILES string of the molecule is CO[C@H](C)[C@H](N)C(=O)N1CC[C@H](OC(C)=O)[C@H]1Cc1c[nH]c2cc(F)ccc12.CO[C@H](C)[C@H](NC(=O)OC(C)(C)C)C(=O)N1CC[C@H](OC(C)=O)[C@H]1Cc1c[nH]c2cc(F)ccc12. The maximum Gasteiger partial charge on any atom is 0.408 e. The van der Waals surface area contributed by atoms with Gasteiger partial charge in [0, 0.05) is 88.2 Å². The molecular formula is C45H60F2N6O10. The van der Waals surface area contributed by atoms with Gasteiger partial charge in [0.2, 0.25) is 11.8 Å². The summed E-state index contributed by atoms with van der Waals surface area (Å²) in [5.74, 6) is -2.11. The first-order valence-electron chi connectivity index (χ1n) is 21.0. The van der Waals surface area contributed by atoms with E-state index < -0.39 is 60.2 Å². The summed E-state index contributed by atoms with van der Waals surface area (Å²) in [5.41, 5.74) is 8.43. The van der Waals surface area contributed by atoms with Crippen molar-refractivity contribution in [3.63, 3.8) is 0 Å². The predicted molar refractivity (Wildman–Crippen MR) is 229 cm³/mol. The maximum atomic E-state index is 13.7. The van der Waals surface area contributed by atoms with Crippen molar-refractivity contribution in [1.82, 2.24) is 25.1 Å². The van der Waals surface area contributed by atoms with Crippen LogP contribution in [0.25, 0.3) is 21.8 Å². The number of nitrogens with two attached hydrogens (primary N) is 1. The zero-order valence-corrected chi connectivity index (χ0v) is 37.3. The van der Waals surface area contributed by atoms with Gasteiger partial charge in [-0.05, 0) is 95.0 Å². The van der Waals surface area contributed by atoms with Gasteiger partial charge >= 0.3 is 18.0 Å². The molecule has 0 bridgehead atoms. The number of H-pyrrole nitrogens is 2. The van der Waals surface area contributed by atoms with Gasteiger partial charge in [0.1, 0.15) is 41.5 Å². The zero-order valence-electron chi connectivity index (χ0n) is 37.3. The highest BCUT2D eigenvalue weighted by molar-refractivity contribution is 5.88. The number of hydrogen-bond donors (Lipinski definition) is 4. The Balaban J connectivity index is 0.000000243. The number of aromatic amines is 2. The number of benzene rings is 2. The van der Waals surface area contributed by atoms with Crippen molar-refractivity contribution in [2.45, 2.75) is 128 Å². The second-order valence-corrected chi connectivity index (χ2v) is 17.0. The zero-order chi connectivity index (χ0) is 46.3. The summed E-state index contributed by atoms with van der Waals surface area (Å²) in [6, 6.07) is 6.34. The Hall–Kier alpha value is -5.59. The molecule has 2 aliphatic rings. The number of aromatic nitrogens is 2. The molecule has 0 spiro atoms. The Kier molecular flexibility index (Phi) is 15.9. The summed E-state index contributed by atoms with van der Waals surface area (Å²) < 4.78 is 54.1. The van der Waals surface area contributed by atoms with Crippen LogP contribution in [0.3, 0.4) is 0 Å². The van der Waals surface area contributed by atoms with Gasteiger partial charge in [-0.2, -0.15) is 0 Å². The lowest BCUT2D eigenvalue weighted by Gasteiger charge is -2.33. The summed E-state index contributed by atoms with van der Waals surface area (Å²) in [5, 5.41) is 4.33. The van der Waals surface area contributed by atoms with Gasteiger partial charge in [-0.3, -0.25) is 19.2 Å². The lowest BCUT2D eigenvalue weighted by Crippen LogP contribution is -2.57. The minimum absolute atomic E-state index is 0.236. The number of nitrogens with one attached hydrogen (secondary N) is 3. The Morgan fingerprint density at radius 1 is 0.762 bits per heavy atom. The van der Waals surface area contributed by atoms with Crippen LogP contribution in [0.15, 0.2) is 48.8 Å². The highest BCUT2D eigenvalue weighted by Crippen LogP contribution is 2.31. The van der Waals surface area contributed by atoms with Crippen molar-refractivity contribution >= 4 is 51.7 Å². The lowest BCUT2D eigenvalue weighted by molar-refractivity contribution is -0.150. The minimum atomic E-state index is -1.01. The first-order valence-corrected chi connectivity index (χ1v) is 21.0. The quantitative estimate of drug-likeness (QED) is 0.103. The third-order valence-corrected chi connectivity index (χ3v) is 11.4. The Morgan fingerprint density at radius 3 is 1.62 bits per heavy atom. The number of halogens is 2. The highest BCUT2D eigenvalue weighted by atomic mass is 19.1. The van der Waals surface area contributed by atoms with Crippen molar-refractivity contribution in [2.75, 3.05) is 27.3 Å². The number of esters is 2. The van der Waals surface area contributed by atoms with E-state index in [4.69, 9.17) is 29.4 Å². The van der Waals surface area contributed by atoms with E-state index >= 15 is 0 Å². The molecule has 18 heteroatoms. The largest absolute Gasteiger partial charge is 0.460 e.